The Morgan fingerprint density at radius 1 is 1.56 bits per heavy atom. The molecule has 5 heteroatoms. The highest BCUT2D eigenvalue weighted by Crippen LogP contribution is 2.23. The molecule has 1 heterocycles. The van der Waals surface area contributed by atoms with Gasteiger partial charge in [-0.3, -0.25) is 0 Å². The summed E-state index contributed by atoms with van der Waals surface area (Å²) in [5.74, 6) is 0. The Bertz CT molecular complexity index is 408. The molecule has 1 aliphatic rings. The van der Waals surface area contributed by atoms with Crippen molar-refractivity contribution in [1.29, 1.82) is 0 Å². The lowest BCUT2D eigenvalue weighted by Crippen LogP contribution is -2.42. The third kappa shape index (κ3) is 3.45. The fourth-order valence-electron chi connectivity index (χ4n) is 2.06. The van der Waals surface area contributed by atoms with Crippen molar-refractivity contribution in [3.63, 3.8) is 0 Å². The fraction of sp³-hybridized carbons (Fsp3) is 0.538. The van der Waals surface area contributed by atoms with Crippen molar-refractivity contribution < 1.29 is 9.47 Å². The molecule has 0 amide bonds. The minimum Gasteiger partial charge on any atom is -0.378 e. The number of rotatable bonds is 5. The van der Waals surface area contributed by atoms with Gasteiger partial charge in [0.15, 0.2) is 0 Å². The van der Waals surface area contributed by atoms with Gasteiger partial charge in [0.05, 0.1) is 6.61 Å². The van der Waals surface area contributed by atoms with E-state index < -0.39 is 0 Å². The predicted molar refractivity (Wildman–Crippen MR) is 76.0 cm³/mol. The summed E-state index contributed by atoms with van der Waals surface area (Å²) in [5.41, 5.74) is 0.898. The molecule has 0 aliphatic carbocycles. The molecule has 1 fully saturated rings. The van der Waals surface area contributed by atoms with Gasteiger partial charge in [0.1, 0.15) is 5.60 Å². The summed E-state index contributed by atoms with van der Waals surface area (Å²) in [6, 6.07) is 5.86. The second-order valence-corrected chi connectivity index (χ2v) is 5.85. The van der Waals surface area contributed by atoms with Gasteiger partial charge in [0, 0.05) is 42.7 Å². The van der Waals surface area contributed by atoms with Gasteiger partial charge in [-0.15, -0.1) is 0 Å². The molecule has 1 N–H and O–H groups in total. The zero-order valence-corrected chi connectivity index (χ0v) is 12.7. The third-order valence-electron chi connectivity index (χ3n) is 3.27. The third-order valence-corrected chi connectivity index (χ3v) is 4.13. The Labute approximate surface area is 121 Å². The van der Waals surface area contributed by atoms with E-state index in [1.54, 1.807) is 7.11 Å². The second kappa shape index (κ2) is 6.35. The van der Waals surface area contributed by atoms with Crippen LogP contribution in [-0.2, 0) is 16.0 Å². The van der Waals surface area contributed by atoms with E-state index in [1.165, 1.54) is 0 Å². The molecule has 0 aromatic heterocycles. The first kappa shape index (κ1) is 14.3. The van der Waals surface area contributed by atoms with Crippen molar-refractivity contribution in [2.45, 2.75) is 18.6 Å². The first-order valence-corrected chi connectivity index (χ1v) is 7.10. The lowest BCUT2D eigenvalue weighted by molar-refractivity contribution is -0.0159. The molecule has 0 radical (unpaired) electrons. The summed E-state index contributed by atoms with van der Waals surface area (Å²) in [5, 5.41) is 4.17. The average Bonchev–Trinajstić information content (AvgIpc) is 2.83. The van der Waals surface area contributed by atoms with E-state index in [4.69, 9.17) is 21.1 Å². The first-order valence-electron chi connectivity index (χ1n) is 5.93. The van der Waals surface area contributed by atoms with Crippen LogP contribution >= 0.6 is 27.5 Å². The molecule has 1 aromatic carbocycles. The van der Waals surface area contributed by atoms with Crippen LogP contribution < -0.4 is 5.32 Å². The maximum atomic E-state index is 6.14. The molecule has 18 heavy (non-hydrogen) atoms. The molecule has 1 aromatic rings. The van der Waals surface area contributed by atoms with Gasteiger partial charge in [-0.25, -0.2) is 0 Å². The van der Waals surface area contributed by atoms with Crippen LogP contribution in [0.4, 0.5) is 0 Å². The maximum Gasteiger partial charge on any atom is 0.106 e. The summed E-state index contributed by atoms with van der Waals surface area (Å²) in [7, 11) is 1.74. The normalized spacial score (nSPS) is 23.5. The number of halogens is 2. The highest BCUT2D eigenvalue weighted by molar-refractivity contribution is 9.10. The van der Waals surface area contributed by atoms with Crippen LogP contribution in [0.1, 0.15) is 12.0 Å². The van der Waals surface area contributed by atoms with E-state index in [-0.39, 0.29) is 5.60 Å². The van der Waals surface area contributed by atoms with Crippen LogP contribution in [0.25, 0.3) is 0 Å². The van der Waals surface area contributed by atoms with Gasteiger partial charge in [-0.1, -0.05) is 27.5 Å². The van der Waals surface area contributed by atoms with Crippen LogP contribution in [0.15, 0.2) is 22.7 Å². The predicted octanol–water partition coefficient (Wildman–Crippen LogP) is 3.00. The summed E-state index contributed by atoms with van der Waals surface area (Å²) in [4.78, 5) is 0. The molecule has 3 nitrogen and oxygen atoms in total. The minimum atomic E-state index is -0.182. The maximum absolute atomic E-state index is 6.14. The standard InChI is InChI=1S/C13H17BrClNO2/c1-17-13(4-5-18-9-13)8-16-7-10-6-11(14)2-3-12(10)15/h2-3,6,16H,4-5,7-9H2,1H3. The Morgan fingerprint density at radius 3 is 3.06 bits per heavy atom. The highest BCUT2D eigenvalue weighted by Gasteiger charge is 2.34. The van der Waals surface area contributed by atoms with Crippen molar-refractivity contribution in [2.24, 2.45) is 0 Å². The number of ether oxygens (including phenoxy) is 2. The number of hydrogen-bond acceptors (Lipinski definition) is 3. The van der Waals surface area contributed by atoms with E-state index in [9.17, 15) is 0 Å². The average molecular weight is 335 g/mol. The largest absolute Gasteiger partial charge is 0.378 e. The Hall–Kier alpha value is -0.130. The summed E-state index contributed by atoms with van der Waals surface area (Å²) < 4.78 is 12.0. The van der Waals surface area contributed by atoms with Gasteiger partial charge in [-0.2, -0.15) is 0 Å². The lowest BCUT2D eigenvalue weighted by atomic mass is 10.0. The van der Waals surface area contributed by atoms with Gasteiger partial charge in [0.2, 0.25) is 0 Å². The van der Waals surface area contributed by atoms with Gasteiger partial charge in [0.25, 0.3) is 0 Å². The van der Waals surface area contributed by atoms with Crippen molar-refractivity contribution in [2.75, 3.05) is 26.9 Å². The highest BCUT2D eigenvalue weighted by atomic mass is 79.9. The van der Waals surface area contributed by atoms with Crippen molar-refractivity contribution in [3.8, 4) is 0 Å². The Balaban J connectivity index is 1.89. The van der Waals surface area contributed by atoms with E-state index in [0.717, 1.165) is 41.2 Å². The first-order chi connectivity index (χ1) is 8.65. The zero-order valence-electron chi connectivity index (χ0n) is 10.3. The molecule has 2 rings (SSSR count). The van der Waals surface area contributed by atoms with Crippen LogP contribution in [0.3, 0.4) is 0 Å². The van der Waals surface area contributed by atoms with Crippen LogP contribution in [0, 0.1) is 0 Å². The van der Waals surface area contributed by atoms with E-state index in [2.05, 4.69) is 21.2 Å². The number of hydrogen-bond donors (Lipinski definition) is 1. The molecule has 0 spiro atoms. The molecule has 1 saturated heterocycles. The topological polar surface area (TPSA) is 30.5 Å². The van der Waals surface area contributed by atoms with E-state index >= 15 is 0 Å². The van der Waals surface area contributed by atoms with Crippen LogP contribution in [-0.4, -0.2) is 32.5 Å². The SMILES string of the molecule is COC1(CNCc2cc(Br)ccc2Cl)CCOC1. The van der Waals surface area contributed by atoms with Gasteiger partial charge in [-0.05, 0) is 23.8 Å². The number of methoxy groups -OCH3 is 1. The lowest BCUT2D eigenvalue weighted by Gasteiger charge is -2.26. The monoisotopic (exact) mass is 333 g/mol. The molecule has 100 valence electrons. The smallest absolute Gasteiger partial charge is 0.106 e. The van der Waals surface area contributed by atoms with Crippen LogP contribution in [0.2, 0.25) is 5.02 Å². The van der Waals surface area contributed by atoms with E-state index in [1.807, 2.05) is 18.2 Å². The molecular formula is C13H17BrClNO2. The van der Waals surface area contributed by atoms with Crippen molar-refractivity contribution >= 4 is 27.5 Å². The quantitative estimate of drug-likeness (QED) is 0.898. The molecule has 1 aliphatic heterocycles. The summed E-state index contributed by atoms with van der Waals surface area (Å²) in [6.07, 6.45) is 0.933. The number of nitrogens with one attached hydrogen (secondary N) is 1. The zero-order chi connectivity index (χ0) is 13.0. The molecular weight excluding hydrogens is 318 g/mol. The van der Waals surface area contributed by atoms with Gasteiger partial charge < -0.3 is 14.8 Å². The Kier molecular flexibility index (Phi) is 5.04. The van der Waals surface area contributed by atoms with E-state index in [0.29, 0.717) is 6.61 Å². The number of benzene rings is 1. The fourth-order valence-corrected chi connectivity index (χ4v) is 2.66. The Morgan fingerprint density at radius 2 is 2.39 bits per heavy atom. The molecule has 0 bridgehead atoms. The summed E-state index contributed by atoms with van der Waals surface area (Å²) >= 11 is 9.59. The van der Waals surface area contributed by atoms with Gasteiger partial charge >= 0.3 is 0 Å². The van der Waals surface area contributed by atoms with Crippen LogP contribution in [0.5, 0.6) is 0 Å². The van der Waals surface area contributed by atoms with Crippen molar-refractivity contribution in [3.05, 3.63) is 33.3 Å². The minimum absolute atomic E-state index is 0.182. The molecule has 1 unspecified atom stereocenters. The second-order valence-electron chi connectivity index (χ2n) is 4.53. The molecule has 1 atom stereocenters. The van der Waals surface area contributed by atoms with Crippen molar-refractivity contribution in [1.82, 2.24) is 5.32 Å². The summed E-state index contributed by atoms with van der Waals surface area (Å²) in [6.45, 7) is 2.92. The molecule has 0 saturated carbocycles.